The molecule has 0 bridgehead atoms. The first-order valence-corrected chi connectivity index (χ1v) is 5.99. The Labute approximate surface area is 139 Å². The molecule has 1 amide bonds. The first-order valence-electron chi connectivity index (χ1n) is 5.99. The van der Waals surface area contributed by atoms with Crippen LogP contribution in [-0.2, 0) is 9.59 Å². The highest BCUT2D eigenvalue weighted by Crippen LogP contribution is 2.14. The molecule has 1 heterocycles. The fourth-order valence-electron chi connectivity index (χ4n) is 1.10. The minimum absolute atomic E-state index is 0.418. The lowest BCUT2D eigenvalue weighted by molar-refractivity contribution is -0.193. The molecule has 26 heavy (non-hydrogen) atoms. The topological polar surface area (TPSA) is 146 Å². The number of carbonyl (C=O) groups excluding carboxylic acids is 1. The number of nitrogens with one attached hydrogen (secondary N) is 1. The molecule has 0 fully saturated rings. The van der Waals surface area contributed by atoms with Gasteiger partial charge in [-0.25, -0.2) is 9.59 Å². The lowest BCUT2D eigenvalue weighted by Crippen LogP contribution is -2.21. The number of carboxylic acids is 2. The summed E-state index contributed by atoms with van der Waals surface area (Å²) in [6, 6.07) is 5.16. The predicted molar refractivity (Wildman–Crippen MR) is 72.0 cm³/mol. The number of hydrogen-bond donors (Lipinski definition) is 4. The minimum atomic E-state index is -5.08. The Bertz CT molecular complexity index is 759. The number of aromatic nitrogens is 2. The van der Waals surface area contributed by atoms with E-state index in [2.05, 4.69) is 10.2 Å². The van der Waals surface area contributed by atoms with Crippen LogP contribution in [0, 0.1) is 0 Å². The van der Waals surface area contributed by atoms with Gasteiger partial charge in [-0.05, 0) is 18.2 Å². The molecular weight excluding hydrogens is 380 g/mol. The van der Waals surface area contributed by atoms with Crippen LogP contribution in [0.4, 0.5) is 26.3 Å². The van der Waals surface area contributed by atoms with Crippen LogP contribution in [0.3, 0.4) is 0 Å². The molecule has 2 rings (SSSR count). The summed E-state index contributed by atoms with van der Waals surface area (Å²) >= 11 is 0. The number of fused-ring (bicyclic) bond motifs is 1. The van der Waals surface area contributed by atoms with Gasteiger partial charge in [0.2, 0.25) is 5.91 Å². The van der Waals surface area contributed by atoms with Crippen molar-refractivity contribution in [1.82, 2.24) is 10.2 Å². The Balaban J connectivity index is 0.000000390. The average Bonchev–Trinajstić information content (AvgIpc) is 2.93. The van der Waals surface area contributed by atoms with Gasteiger partial charge >= 0.3 is 24.3 Å². The number of carboxylic acid groups (broad SMARTS) is 2. The second kappa shape index (κ2) is 8.68. The number of nitrogens with zero attached hydrogens (tertiary/aromatic N) is 1. The number of rotatable bonds is 1. The molecule has 0 radical (unpaired) electrons. The fraction of sp³-hybridized carbons (Fsp3) is 0.167. The van der Waals surface area contributed by atoms with Crippen molar-refractivity contribution in [1.29, 1.82) is 0 Å². The van der Waals surface area contributed by atoms with Gasteiger partial charge in [-0.3, -0.25) is 9.89 Å². The number of aromatic amines is 1. The molecule has 0 saturated carbocycles. The van der Waals surface area contributed by atoms with Crippen molar-refractivity contribution >= 4 is 28.7 Å². The normalized spacial score (nSPS) is 10.8. The zero-order valence-corrected chi connectivity index (χ0v) is 12.2. The van der Waals surface area contributed by atoms with E-state index in [4.69, 9.17) is 25.5 Å². The summed E-state index contributed by atoms with van der Waals surface area (Å²) in [5.41, 5.74) is 6.51. The maximum atomic E-state index is 10.8. The third-order valence-corrected chi connectivity index (χ3v) is 2.21. The predicted octanol–water partition coefficient (Wildman–Crippen LogP) is 1.93. The molecule has 1 aromatic carbocycles. The van der Waals surface area contributed by atoms with E-state index in [1.165, 1.54) is 0 Å². The number of benzene rings is 1. The van der Waals surface area contributed by atoms with Gasteiger partial charge in [0.1, 0.15) is 0 Å². The molecule has 1 aromatic heterocycles. The van der Waals surface area contributed by atoms with Crippen LogP contribution in [0.15, 0.2) is 24.4 Å². The monoisotopic (exact) mass is 389 g/mol. The summed E-state index contributed by atoms with van der Waals surface area (Å²) in [7, 11) is 0. The number of H-pyrrole nitrogens is 1. The lowest BCUT2D eigenvalue weighted by Gasteiger charge is -1.93. The van der Waals surface area contributed by atoms with E-state index in [9.17, 15) is 31.1 Å². The lowest BCUT2D eigenvalue weighted by atomic mass is 10.1. The van der Waals surface area contributed by atoms with E-state index in [-0.39, 0.29) is 0 Å². The summed E-state index contributed by atoms with van der Waals surface area (Å²) in [6.45, 7) is 0. The second-order valence-corrected chi connectivity index (χ2v) is 4.14. The Morgan fingerprint density at radius 1 is 0.962 bits per heavy atom. The van der Waals surface area contributed by atoms with E-state index in [1.807, 2.05) is 0 Å². The van der Waals surface area contributed by atoms with Crippen LogP contribution < -0.4 is 5.73 Å². The minimum Gasteiger partial charge on any atom is -0.475 e. The van der Waals surface area contributed by atoms with Crippen molar-refractivity contribution in [2.45, 2.75) is 12.4 Å². The SMILES string of the molecule is NC(=O)c1ccc2[nH]ncc2c1.O=C(O)C(F)(F)F.O=C(O)C(F)(F)F. The summed E-state index contributed by atoms with van der Waals surface area (Å²) in [4.78, 5) is 28.5. The standard InChI is InChI=1S/C8H7N3O.2C2HF3O2/c9-8(12)5-1-2-7-6(3-5)4-10-11-7;2*3-2(4,5)1(6)7/h1-4H,(H2,9,12)(H,10,11);2*(H,6,7). The van der Waals surface area contributed by atoms with Gasteiger partial charge in [-0.1, -0.05) is 0 Å². The molecule has 14 heteroatoms. The van der Waals surface area contributed by atoms with Crippen molar-refractivity contribution in [3.63, 3.8) is 0 Å². The van der Waals surface area contributed by atoms with E-state index in [1.54, 1.807) is 24.4 Å². The van der Waals surface area contributed by atoms with Gasteiger partial charge < -0.3 is 15.9 Å². The molecule has 0 aliphatic heterocycles. The molecule has 5 N–H and O–H groups in total. The number of alkyl halides is 6. The van der Waals surface area contributed by atoms with Crippen molar-refractivity contribution < 1.29 is 50.9 Å². The molecule has 0 spiro atoms. The van der Waals surface area contributed by atoms with Crippen LogP contribution in [-0.4, -0.2) is 50.6 Å². The van der Waals surface area contributed by atoms with Crippen molar-refractivity contribution in [2.24, 2.45) is 5.73 Å². The fourth-order valence-corrected chi connectivity index (χ4v) is 1.10. The van der Waals surface area contributed by atoms with Crippen LogP contribution in [0.25, 0.3) is 10.9 Å². The van der Waals surface area contributed by atoms with Crippen molar-refractivity contribution in [3.05, 3.63) is 30.0 Å². The highest BCUT2D eigenvalue weighted by molar-refractivity contribution is 5.96. The summed E-state index contributed by atoms with van der Waals surface area (Å²) in [6.07, 6.45) is -8.51. The molecule has 0 saturated heterocycles. The Kier molecular flexibility index (Phi) is 7.57. The zero-order chi connectivity index (χ0) is 20.7. The van der Waals surface area contributed by atoms with Crippen LogP contribution >= 0.6 is 0 Å². The summed E-state index contributed by atoms with van der Waals surface area (Å²) in [5, 5.41) is 21.8. The second-order valence-electron chi connectivity index (χ2n) is 4.14. The first-order chi connectivity index (χ1) is 11.7. The Morgan fingerprint density at radius 3 is 1.73 bits per heavy atom. The number of primary amides is 1. The number of aliphatic carboxylic acids is 2. The smallest absolute Gasteiger partial charge is 0.475 e. The third-order valence-electron chi connectivity index (χ3n) is 2.21. The van der Waals surface area contributed by atoms with E-state index < -0.39 is 30.2 Å². The molecule has 0 aliphatic rings. The van der Waals surface area contributed by atoms with Gasteiger partial charge in [0.05, 0.1) is 11.7 Å². The zero-order valence-electron chi connectivity index (χ0n) is 12.2. The number of amides is 1. The van der Waals surface area contributed by atoms with E-state index in [0.717, 1.165) is 10.9 Å². The number of halogens is 6. The van der Waals surface area contributed by atoms with Gasteiger partial charge in [0, 0.05) is 10.9 Å². The highest BCUT2D eigenvalue weighted by atomic mass is 19.4. The average molecular weight is 389 g/mol. The van der Waals surface area contributed by atoms with E-state index in [0.29, 0.717) is 5.56 Å². The number of carbonyl (C=O) groups is 3. The summed E-state index contributed by atoms with van der Waals surface area (Å²) in [5.74, 6) is -5.93. The largest absolute Gasteiger partial charge is 0.490 e. The first kappa shape index (κ1) is 22.7. The molecule has 0 atom stereocenters. The van der Waals surface area contributed by atoms with Gasteiger partial charge in [-0.2, -0.15) is 31.4 Å². The molecule has 0 unspecified atom stereocenters. The van der Waals surface area contributed by atoms with Crippen molar-refractivity contribution in [3.8, 4) is 0 Å². The molecule has 0 aliphatic carbocycles. The van der Waals surface area contributed by atoms with Gasteiger partial charge in [0.15, 0.2) is 0 Å². The van der Waals surface area contributed by atoms with Crippen LogP contribution in [0.5, 0.6) is 0 Å². The Morgan fingerprint density at radius 2 is 1.38 bits per heavy atom. The highest BCUT2D eigenvalue weighted by Gasteiger charge is 2.38. The molecule has 2 aromatic rings. The number of hydrogen-bond acceptors (Lipinski definition) is 4. The Hall–Kier alpha value is -3.32. The molecular formula is C12H9F6N3O5. The summed E-state index contributed by atoms with van der Waals surface area (Å²) < 4.78 is 63.5. The molecule has 144 valence electrons. The number of nitrogens with two attached hydrogens (primary N) is 1. The van der Waals surface area contributed by atoms with Crippen LogP contribution in [0.2, 0.25) is 0 Å². The third kappa shape index (κ3) is 7.98. The van der Waals surface area contributed by atoms with Crippen LogP contribution in [0.1, 0.15) is 10.4 Å². The maximum Gasteiger partial charge on any atom is 0.490 e. The van der Waals surface area contributed by atoms with Gasteiger partial charge in [-0.15, -0.1) is 0 Å². The quantitative estimate of drug-likeness (QED) is 0.548. The van der Waals surface area contributed by atoms with Crippen molar-refractivity contribution in [2.75, 3.05) is 0 Å². The maximum absolute atomic E-state index is 10.8. The van der Waals surface area contributed by atoms with Gasteiger partial charge in [0.25, 0.3) is 0 Å². The molecule has 8 nitrogen and oxygen atoms in total. The van der Waals surface area contributed by atoms with E-state index >= 15 is 0 Å².